The van der Waals surface area contributed by atoms with Gasteiger partial charge in [-0.1, -0.05) is 48.0 Å². The number of anilines is 2. The van der Waals surface area contributed by atoms with Crippen LogP contribution < -0.4 is 24.8 Å². The highest BCUT2D eigenvalue weighted by Crippen LogP contribution is 2.39. The molecule has 0 fully saturated rings. The first-order valence-electron chi connectivity index (χ1n) is 12.7. The van der Waals surface area contributed by atoms with Crippen molar-refractivity contribution in [1.82, 2.24) is 14.8 Å². The summed E-state index contributed by atoms with van der Waals surface area (Å²) in [5, 5.41) is 10.6. The molecule has 9 nitrogen and oxygen atoms in total. The summed E-state index contributed by atoms with van der Waals surface area (Å²) in [6, 6.07) is 20.6. The van der Waals surface area contributed by atoms with Gasteiger partial charge in [0.1, 0.15) is 24.7 Å². The van der Waals surface area contributed by atoms with Gasteiger partial charge in [0.2, 0.25) is 5.95 Å². The molecule has 3 aromatic carbocycles. The fourth-order valence-corrected chi connectivity index (χ4v) is 4.68. The number of carbonyl (C=O) groups is 1. The van der Waals surface area contributed by atoms with Crippen LogP contribution in [0, 0.1) is 6.92 Å². The minimum Gasteiger partial charge on any atom is -0.495 e. The van der Waals surface area contributed by atoms with E-state index in [4.69, 9.17) is 14.2 Å². The van der Waals surface area contributed by atoms with Gasteiger partial charge in [-0.15, -0.1) is 0 Å². The molecule has 1 aliphatic heterocycles. The number of hydrogen-bond donors (Lipinski definition) is 2. The molecule has 0 spiro atoms. The second-order valence-corrected chi connectivity index (χ2v) is 9.17. The van der Waals surface area contributed by atoms with Gasteiger partial charge >= 0.3 is 0 Å². The highest BCUT2D eigenvalue weighted by molar-refractivity contribution is 6.06. The van der Waals surface area contributed by atoms with Crippen LogP contribution in [0.5, 0.6) is 17.2 Å². The van der Waals surface area contributed by atoms with Crippen molar-refractivity contribution in [2.45, 2.75) is 33.4 Å². The van der Waals surface area contributed by atoms with Crippen molar-refractivity contribution >= 4 is 17.5 Å². The molecule has 39 heavy (non-hydrogen) atoms. The smallest absolute Gasteiger partial charge is 0.255 e. The maximum Gasteiger partial charge on any atom is 0.255 e. The van der Waals surface area contributed by atoms with Crippen LogP contribution in [0.4, 0.5) is 11.6 Å². The molecule has 1 aliphatic rings. The summed E-state index contributed by atoms with van der Waals surface area (Å²) < 4.78 is 19.3. The quantitative estimate of drug-likeness (QED) is 0.298. The normalized spacial score (nSPS) is 14.3. The largest absolute Gasteiger partial charge is 0.495 e. The van der Waals surface area contributed by atoms with Crippen molar-refractivity contribution < 1.29 is 19.0 Å². The molecule has 2 N–H and O–H groups in total. The zero-order valence-corrected chi connectivity index (χ0v) is 22.4. The number of ether oxygens (including phenoxy) is 3. The Labute approximate surface area is 227 Å². The number of benzene rings is 3. The van der Waals surface area contributed by atoms with Crippen molar-refractivity contribution in [3.63, 3.8) is 0 Å². The molecule has 0 radical (unpaired) electrons. The molecule has 5 rings (SSSR count). The van der Waals surface area contributed by atoms with Gasteiger partial charge in [0.25, 0.3) is 5.91 Å². The third-order valence-electron chi connectivity index (χ3n) is 6.45. The number of amides is 1. The fourth-order valence-electron chi connectivity index (χ4n) is 4.68. The Morgan fingerprint density at radius 2 is 1.85 bits per heavy atom. The average molecular weight is 526 g/mol. The van der Waals surface area contributed by atoms with Crippen LogP contribution in [0.3, 0.4) is 0 Å². The molecule has 0 bridgehead atoms. The summed E-state index contributed by atoms with van der Waals surface area (Å²) in [6.45, 7) is 6.70. The molecule has 0 saturated heterocycles. The van der Waals surface area contributed by atoms with E-state index in [9.17, 15) is 4.79 Å². The van der Waals surface area contributed by atoms with E-state index in [-0.39, 0.29) is 5.91 Å². The lowest BCUT2D eigenvalue weighted by Gasteiger charge is -2.29. The predicted molar refractivity (Wildman–Crippen MR) is 149 cm³/mol. The lowest BCUT2D eigenvalue weighted by Crippen LogP contribution is -2.31. The second kappa shape index (κ2) is 11.3. The Morgan fingerprint density at radius 1 is 1.00 bits per heavy atom. The molecule has 200 valence electrons. The molecule has 2 heterocycles. The van der Waals surface area contributed by atoms with Crippen molar-refractivity contribution in [2.75, 3.05) is 24.4 Å². The van der Waals surface area contributed by atoms with Gasteiger partial charge in [0.15, 0.2) is 11.5 Å². The number of nitrogens with one attached hydrogen (secondary N) is 2. The number of carbonyl (C=O) groups excluding carboxylic acids is 1. The topological polar surface area (TPSA) is 99.5 Å². The van der Waals surface area contributed by atoms with Crippen LogP contribution in [0.25, 0.3) is 0 Å². The van der Waals surface area contributed by atoms with Crippen LogP contribution in [-0.2, 0) is 11.4 Å². The number of aryl methyl sites for hydroxylation is 1. The van der Waals surface area contributed by atoms with Crippen molar-refractivity contribution in [2.24, 2.45) is 0 Å². The summed E-state index contributed by atoms with van der Waals surface area (Å²) in [7, 11) is 1.57. The van der Waals surface area contributed by atoms with Crippen molar-refractivity contribution in [1.29, 1.82) is 0 Å². The zero-order valence-electron chi connectivity index (χ0n) is 22.4. The first kappa shape index (κ1) is 25.8. The van der Waals surface area contributed by atoms with Crippen LogP contribution >= 0.6 is 0 Å². The van der Waals surface area contributed by atoms with Crippen molar-refractivity contribution in [3.05, 3.63) is 101 Å². The van der Waals surface area contributed by atoms with Gasteiger partial charge in [-0.2, -0.15) is 10.1 Å². The van der Waals surface area contributed by atoms with Crippen LogP contribution in [-0.4, -0.2) is 34.4 Å². The summed E-state index contributed by atoms with van der Waals surface area (Å²) in [4.78, 5) is 18.1. The second-order valence-electron chi connectivity index (χ2n) is 9.17. The van der Waals surface area contributed by atoms with E-state index in [1.165, 1.54) is 11.9 Å². The number of fused-ring (bicyclic) bond motifs is 1. The summed E-state index contributed by atoms with van der Waals surface area (Å²) in [5.74, 6) is 2.04. The van der Waals surface area contributed by atoms with Crippen LogP contribution in [0.15, 0.2) is 84.3 Å². The molecule has 0 saturated carbocycles. The van der Waals surface area contributed by atoms with Gasteiger partial charge in [-0.25, -0.2) is 4.68 Å². The average Bonchev–Trinajstić information content (AvgIpc) is 3.40. The van der Waals surface area contributed by atoms with E-state index in [0.29, 0.717) is 53.4 Å². The third-order valence-corrected chi connectivity index (χ3v) is 6.45. The predicted octanol–water partition coefficient (Wildman–Crippen LogP) is 5.50. The highest BCUT2D eigenvalue weighted by atomic mass is 16.5. The Balaban J connectivity index is 1.50. The van der Waals surface area contributed by atoms with Crippen LogP contribution in [0.2, 0.25) is 0 Å². The lowest BCUT2D eigenvalue weighted by molar-refractivity contribution is -0.113. The van der Waals surface area contributed by atoms with Gasteiger partial charge < -0.3 is 24.8 Å². The number of allylic oxidation sites excluding steroid dienone is 1. The minimum absolute atomic E-state index is 0.284. The molecule has 1 amide bonds. The molecule has 0 unspecified atom stereocenters. The summed E-state index contributed by atoms with van der Waals surface area (Å²) in [6.07, 6.45) is 1.46. The Bertz CT molecular complexity index is 1530. The zero-order chi connectivity index (χ0) is 27.4. The van der Waals surface area contributed by atoms with E-state index < -0.39 is 6.04 Å². The van der Waals surface area contributed by atoms with Crippen molar-refractivity contribution in [3.8, 4) is 17.2 Å². The van der Waals surface area contributed by atoms with E-state index in [0.717, 1.165) is 11.1 Å². The van der Waals surface area contributed by atoms with Gasteiger partial charge in [-0.3, -0.25) is 4.79 Å². The standard InChI is InChI=1S/C30H31N5O4/c1-5-38-26-16-22(13-14-25(26)39-17-21-10-8-9-19(2)15-21)28-27(20(3)33-30-31-18-32-35(28)30)29(36)34-23-11-6-7-12-24(23)37-4/h6-16,18,28H,5,17H2,1-4H3,(H,34,36)(H,31,32,33)/t28-/m0/s1. The van der Waals surface area contributed by atoms with Gasteiger partial charge in [0, 0.05) is 5.70 Å². The van der Waals surface area contributed by atoms with Gasteiger partial charge in [-0.05, 0) is 56.2 Å². The SMILES string of the molecule is CCOc1cc([C@H]2C(C(=O)Nc3ccccc3OC)=C(C)Nc3ncnn32)ccc1OCc1cccc(C)c1. The monoisotopic (exact) mass is 525 g/mol. The molecule has 4 aromatic rings. The number of rotatable bonds is 9. The van der Waals surface area contributed by atoms with E-state index >= 15 is 0 Å². The number of para-hydroxylation sites is 2. The molecular formula is C30H31N5O4. The number of hydrogen-bond acceptors (Lipinski definition) is 7. The molecule has 0 aliphatic carbocycles. The highest BCUT2D eigenvalue weighted by Gasteiger charge is 2.34. The number of aromatic nitrogens is 3. The molecule has 1 atom stereocenters. The Morgan fingerprint density at radius 3 is 2.64 bits per heavy atom. The first-order valence-corrected chi connectivity index (χ1v) is 12.7. The van der Waals surface area contributed by atoms with E-state index in [1.54, 1.807) is 23.9 Å². The molecule has 1 aromatic heterocycles. The lowest BCUT2D eigenvalue weighted by atomic mass is 9.94. The summed E-state index contributed by atoms with van der Waals surface area (Å²) in [5.41, 5.74) is 4.79. The number of methoxy groups -OCH3 is 1. The van der Waals surface area contributed by atoms with Gasteiger partial charge in [0.05, 0.1) is 25.0 Å². The molecule has 9 heteroatoms. The fraction of sp³-hybridized carbons (Fsp3) is 0.233. The summed E-state index contributed by atoms with van der Waals surface area (Å²) >= 11 is 0. The minimum atomic E-state index is -0.552. The maximum atomic E-state index is 13.7. The van der Waals surface area contributed by atoms with Crippen LogP contribution in [0.1, 0.15) is 36.6 Å². The Hall–Kier alpha value is -4.79. The molecular weight excluding hydrogens is 494 g/mol. The Kier molecular flexibility index (Phi) is 7.49. The maximum absolute atomic E-state index is 13.7. The van der Waals surface area contributed by atoms with E-state index in [1.807, 2.05) is 56.3 Å². The first-order chi connectivity index (χ1) is 19.0. The third kappa shape index (κ3) is 5.43. The van der Waals surface area contributed by atoms with E-state index in [2.05, 4.69) is 39.8 Å². The number of nitrogens with zero attached hydrogens (tertiary/aromatic N) is 3.